The molecule has 0 saturated heterocycles. The molecule has 0 heterocycles. The van der Waals surface area contributed by atoms with Crippen LogP contribution in [-0.2, 0) is 4.74 Å². The molecule has 1 aliphatic rings. The quantitative estimate of drug-likeness (QED) is 0.588. The van der Waals surface area contributed by atoms with E-state index in [4.69, 9.17) is 4.74 Å². The summed E-state index contributed by atoms with van der Waals surface area (Å²) in [6, 6.07) is 0.766. The average Bonchev–Trinajstić information content (AvgIpc) is 2.41. The monoisotopic (exact) mass is 255 g/mol. The second-order valence-corrected chi connectivity index (χ2v) is 5.82. The van der Waals surface area contributed by atoms with E-state index in [9.17, 15) is 0 Å². The molecule has 0 radical (unpaired) electrons. The smallest absolute Gasteiger partial charge is 0.0594 e. The molecule has 1 aliphatic carbocycles. The Labute approximate surface area is 114 Å². The summed E-state index contributed by atoms with van der Waals surface area (Å²) in [6.45, 7) is 6.39. The van der Waals surface area contributed by atoms with Gasteiger partial charge in [0.05, 0.1) is 12.7 Å². The minimum atomic E-state index is 0.440. The standard InChI is InChI=1S/C16H33NO/c1-3-4-5-7-10-15(2)18-14-13-17-16-11-8-6-9-12-16/h15-17H,3-14H2,1-2H3. The molecule has 0 aromatic rings. The van der Waals surface area contributed by atoms with Gasteiger partial charge in [-0.2, -0.15) is 0 Å². The van der Waals surface area contributed by atoms with Gasteiger partial charge in [-0.15, -0.1) is 0 Å². The van der Waals surface area contributed by atoms with E-state index >= 15 is 0 Å². The van der Waals surface area contributed by atoms with E-state index in [1.54, 1.807) is 0 Å². The Hall–Kier alpha value is -0.0800. The van der Waals surface area contributed by atoms with E-state index in [2.05, 4.69) is 19.2 Å². The molecule has 2 nitrogen and oxygen atoms in total. The normalized spacial score (nSPS) is 19.0. The van der Waals surface area contributed by atoms with Gasteiger partial charge in [0.25, 0.3) is 0 Å². The zero-order chi connectivity index (χ0) is 13.1. The van der Waals surface area contributed by atoms with Crippen LogP contribution in [0, 0.1) is 0 Å². The summed E-state index contributed by atoms with van der Waals surface area (Å²) < 4.78 is 5.85. The van der Waals surface area contributed by atoms with Gasteiger partial charge in [0.15, 0.2) is 0 Å². The first-order valence-corrected chi connectivity index (χ1v) is 8.18. The van der Waals surface area contributed by atoms with Crippen LogP contribution < -0.4 is 5.32 Å². The number of unbranched alkanes of at least 4 members (excludes halogenated alkanes) is 3. The number of ether oxygens (including phenoxy) is 1. The highest BCUT2D eigenvalue weighted by Gasteiger charge is 2.12. The van der Waals surface area contributed by atoms with Crippen LogP contribution in [-0.4, -0.2) is 25.3 Å². The van der Waals surface area contributed by atoms with Crippen LogP contribution >= 0.6 is 0 Å². The third kappa shape index (κ3) is 8.10. The van der Waals surface area contributed by atoms with Crippen molar-refractivity contribution < 1.29 is 4.74 Å². The van der Waals surface area contributed by atoms with Crippen LogP contribution in [0.4, 0.5) is 0 Å². The van der Waals surface area contributed by atoms with Crippen LogP contribution in [0.5, 0.6) is 0 Å². The zero-order valence-corrected chi connectivity index (χ0v) is 12.5. The third-order valence-corrected chi connectivity index (χ3v) is 4.01. The molecule has 0 spiro atoms. The van der Waals surface area contributed by atoms with Crippen molar-refractivity contribution >= 4 is 0 Å². The lowest BCUT2D eigenvalue weighted by Crippen LogP contribution is -2.34. The maximum atomic E-state index is 5.85. The number of hydrogen-bond donors (Lipinski definition) is 1. The minimum absolute atomic E-state index is 0.440. The third-order valence-electron chi connectivity index (χ3n) is 4.01. The number of hydrogen-bond acceptors (Lipinski definition) is 2. The highest BCUT2D eigenvalue weighted by atomic mass is 16.5. The van der Waals surface area contributed by atoms with Crippen molar-refractivity contribution in [3.8, 4) is 0 Å². The molecule has 0 aliphatic heterocycles. The maximum Gasteiger partial charge on any atom is 0.0594 e. The summed E-state index contributed by atoms with van der Waals surface area (Å²) in [5.41, 5.74) is 0. The van der Waals surface area contributed by atoms with E-state index in [-0.39, 0.29) is 0 Å². The van der Waals surface area contributed by atoms with Crippen LogP contribution in [0.2, 0.25) is 0 Å². The molecule has 18 heavy (non-hydrogen) atoms. The van der Waals surface area contributed by atoms with Crippen LogP contribution in [0.1, 0.15) is 78.1 Å². The molecule has 0 amide bonds. The van der Waals surface area contributed by atoms with Gasteiger partial charge in [0.2, 0.25) is 0 Å². The molecule has 2 heteroatoms. The molecule has 1 unspecified atom stereocenters. The van der Waals surface area contributed by atoms with Gasteiger partial charge in [0, 0.05) is 12.6 Å². The Balaban J connectivity index is 1.86. The topological polar surface area (TPSA) is 21.3 Å². The summed E-state index contributed by atoms with van der Waals surface area (Å²) in [5.74, 6) is 0. The fourth-order valence-corrected chi connectivity index (χ4v) is 2.77. The second kappa shape index (κ2) is 10.8. The first kappa shape index (κ1) is 16.0. The molecule has 108 valence electrons. The molecule has 1 fully saturated rings. The van der Waals surface area contributed by atoms with E-state index in [0.717, 1.165) is 19.2 Å². The SMILES string of the molecule is CCCCCCC(C)OCCNC1CCCCC1. The Morgan fingerprint density at radius 2 is 1.89 bits per heavy atom. The van der Waals surface area contributed by atoms with Crippen molar-refractivity contribution in [3.63, 3.8) is 0 Å². The van der Waals surface area contributed by atoms with Gasteiger partial charge in [-0.1, -0.05) is 51.9 Å². The predicted octanol–water partition coefficient (Wildman–Crippen LogP) is 4.28. The summed E-state index contributed by atoms with van der Waals surface area (Å²) >= 11 is 0. The van der Waals surface area contributed by atoms with E-state index < -0.39 is 0 Å². The Bertz CT molecular complexity index is 178. The van der Waals surface area contributed by atoms with Crippen molar-refractivity contribution in [2.45, 2.75) is 90.2 Å². The summed E-state index contributed by atoms with van der Waals surface area (Å²) in [7, 11) is 0. The van der Waals surface area contributed by atoms with E-state index in [0.29, 0.717) is 6.10 Å². The van der Waals surface area contributed by atoms with Gasteiger partial charge >= 0.3 is 0 Å². The summed E-state index contributed by atoms with van der Waals surface area (Å²) in [6.07, 6.45) is 14.0. The second-order valence-electron chi connectivity index (χ2n) is 5.82. The lowest BCUT2D eigenvalue weighted by atomic mass is 9.96. The van der Waals surface area contributed by atoms with Crippen molar-refractivity contribution in [1.29, 1.82) is 0 Å². The molecule has 0 aromatic heterocycles. The molecular weight excluding hydrogens is 222 g/mol. The molecule has 1 rings (SSSR count). The van der Waals surface area contributed by atoms with E-state index in [1.807, 2.05) is 0 Å². The lowest BCUT2D eigenvalue weighted by Gasteiger charge is -2.23. The molecule has 1 saturated carbocycles. The number of rotatable bonds is 10. The molecular formula is C16H33NO. The largest absolute Gasteiger partial charge is 0.377 e. The van der Waals surface area contributed by atoms with E-state index in [1.165, 1.54) is 64.2 Å². The molecule has 0 aromatic carbocycles. The molecule has 1 atom stereocenters. The van der Waals surface area contributed by atoms with Crippen LogP contribution in [0.3, 0.4) is 0 Å². The minimum Gasteiger partial charge on any atom is -0.377 e. The van der Waals surface area contributed by atoms with Crippen molar-refractivity contribution in [2.75, 3.05) is 13.2 Å². The summed E-state index contributed by atoms with van der Waals surface area (Å²) in [4.78, 5) is 0. The fourth-order valence-electron chi connectivity index (χ4n) is 2.77. The van der Waals surface area contributed by atoms with Gasteiger partial charge in [-0.3, -0.25) is 0 Å². The number of nitrogens with one attached hydrogen (secondary N) is 1. The maximum absolute atomic E-state index is 5.85. The summed E-state index contributed by atoms with van der Waals surface area (Å²) in [5, 5.41) is 3.63. The zero-order valence-electron chi connectivity index (χ0n) is 12.5. The average molecular weight is 255 g/mol. The highest BCUT2D eigenvalue weighted by molar-refractivity contribution is 4.71. The Morgan fingerprint density at radius 1 is 1.11 bits per heavy atom. The van der Waals surface area contributed by atoms with Crippen molar-refractivity contribution in [1.82, 2.24) is 5.32 Å². The lowest BCUT2D eigenvalue weighted by molar-refractivity contribution is 0.0585. The predicted molar refractivity (Wildman–Crippen MR) is 79.0 cm³/mol. The van der Waals surface area contributed by atoms with Gasteiger partial charge < -0.3 is 10.1 Å². The van der Waals surface area contributed by atoms with Crippen molar-refractivity contribution in [2.24, 2.45) is 0 Å². The Kier molecular flexibility index (Phi) is 9.59. The first-order chi connectivity index (χ1) is 8.83. The first-order valence-electron chi connectivity index (χ1n) is 8.18. The van der Waals surface area contributed by atoms with Gasteiger partial charge in [0.1, 0.15) is 0 Å². The van der Waals surface area contributed by atoms with Gasteiger partial charge in [-0.05, 0) is 26.2 Å². The molecule has 0 bridgehead atoms. The Morgan fingerprint density at radius 3 is 2.61 bits per heavy atom. The highest BCUT2D eigenvalue weighted by Crippen LogP contribution is 2.17. The van der Waals surface area contributed by atoms with Crippen LogP contribution in [0.25, 0.3) is 0 Å². The van der Waals surface area contributed by atoms with Crippen molar-refractivity contribution in [3.05, 3.63) is 0 Å². The fraction of sp³-hybridized carbons (Fsp3) is 1.00. The molecule has 1 N–H and O–H groups in total. The van der Waals surface area contributed by atoms with Gasteiger partial charge in [-0.25, -0.2) is 0 Å². The van der Waals surface area contributed by atoms with Crippen LogP contribution in [0.15, 0.2) is 0 Å².